The lowest BCUT2D eigenvalue weighted by atomic mass is 10.1. The highest BCUT2D eigenvalue weighted by molar-refractivity contribution is 7.09. The molecule has 5 nitrogen and oxygen atoms in total. The molecule has 1 heterocycles. The van der Waals surface area contributed by atoms with Crippen molar-refractivity contribution in [2.75, 3.05) is 20.2 Å². The van der Waals surface area contributed by atoms with Crippen molar-refractivity contribution in [1.29, 1.82) is 0 Å². The van der Waals surface area contributed by atoms with Crippen LogP contribution in [0.15, 0.2) is 29.6 Å². The van der Waals surface area contributed by atoms with E-state index < -0.39 is 0 Å². The molecule has 1 N–H and O–H groups in total. The average molecular weight is 390 g/mol. The van der Waals surface area contributed by atoms with Gasteiger partial charge in [-0.15, -0.1) is 11.3 Å². The maximum atomic E-state index is 12.0. The second-order valence-corrected chi connectivity index (χ2v) is 7.47. The number of nitrogens with zero attached hydrogens (tertiary/aromatic N) is 2. The minimum atomic E-state index is 0.102. The number of carbonyl (C=O) groups is 1. The highest BCUT2D eigenvalue weighted by Gasteiger charge is 2.07. The third-order valence-corrected chi connectivity index (χ3v) is 5.49. The lowest BCUT2D eigenvalue weighted by molar-refractivity contribution is -0.121. The van der Waals surface area contributed by atoms with E-state index in [2.05, 4.69) is 46.6 Å². The highest BCUT2D eigenvalue weighted by atomic mass is 32.1. The molecule has 1 aromatic heterocycles. The Kier molecular flexibility index (Phi) is 9.28. The Hall–Kier alpha value is -1.92. The zero-order chi connectivity index (χ0) is 19.5. The van der Waals surface area contributed by atoms with Crippen molar-refractivity contribution in [2.45, 2.75) is 52.6 Å². The van der Waals surface area contributed by atoms with Gasteiger partial charge < -0.3 is 10.1 Å². The summed E-state index contributed by atoms with van der Waals surface area (Å²) >= 11 is 1.62. The van der Waals surface area contributed by atoms with Crippen LogP contribution in [-0.4, -0.2) is 36.0 Å². The summed E-state index contributed by atoms with van der Waals surface area (Å²) in [4.78, 5) is 19.0. The summed E-state index contributed by atoms with van der Waals surface area (Å²) in [5.41, 5.74) is 2.37. The molecule has 1 aromatic carbocycles. The third-order valence-electron chi connectivity index (χ3n) is 4.59. The van der Waals surface area contributed by atoms with Crippen molar-refractivity contribution in [3.63, 3.8) is 0 Å². The van der Waals surface area contributed by atoms with Gasteiger partial charge >= 0.3 is 0 Å². The monoisotopic (exact) mass is 389 g/mol. The molecule has 2 rings (SSSR count). The fourth-order valence-electron chi connectivity index (χ4n) is 2.85. The number of carbonyl (C=O) groups excluding carboxylic acids is 1. The number of aromatic nitrogens is 1. The van der Waals surface area contributed by atoms with Gasteiger partial charge in [0.15, 0.2) is 0 Å². The van der Waals surface area contributed by atoms with E-state index in [9.17, 15) is 4.79 Å². The summed E-state index contributed by atoms with van der Waals surface area (Å²) in [6.07, 6.45) is 3.44. The van der Waals surface area contributed by atoms with Crippen LogP contribution in [0.3, 0.4) is 0 Å². The van der Waals surface area contributed by atoms with Crippen LogP contribution in [-0.2, 0) is 24.3 Å². The Bertz CT molecular complexity index is 681. The Morgan fingerprint density at radius 1 is 1.19 bits per heavy atom. The van der Waals surface area contributed by atoms with Crippen molar-refractivity contribution in [3.8, 4) is 5.75 Å². The molecule has 0 saturated heterocycles. The molecule has 0 spiro atoms. The smallest absolute Gasteiger partial charge is 0.220 e. The summed E-state index contributed by atoms with van der Waals surface area (Å²) in [5.74, 6) is 0.978. The first kappa shape index (κ1) is 21.4. The number of ether oxygens (including phenoxy) is 1. The van der Waals surface area contributed by atoms with Crippen molar-refractivity contribution < 1.29 is 9.53 Å². The van der Waals surface area contributed by atoms with E-state index in [-0.39, 0.29) is 5.91 Å². The number of methoxy groups -OCH3 is 1. The molecule has 0 radical (unpaired) electrons. The van der Waals surface area contributed by atoms with Crippen molar-refractivity contribution >= 4 is 17.2 Å². The zero-order valence-corrected chi connectivity index (χ0v) is 17.5. The van der Waals surface area contributed by atoms with Crippen LogP contribution in [0.5, 0.6) is 5.75 Å². The molecule has 0 aliphatic rings. The molecule has 148 valence electrons. The number of benzene rings is 1. The van der Waals surface area contributed by atoms with Crippen molar-refractivity contribution in [2.24, 2.45) is 0 Å². The third kappa shape index (κ3) is 7.69. The van der Waals surface area contributed by atoms with Crippen LogP contribution < -0.4 is 10.1 Å². The van der Waals surface area contributed by atoms with Gasteiger partial charge in [-0.1, -0.05) is 26.0 Å². The number of hydrogen-bond acceptors (Lipinski definition) is 5. The molecular formula is C21H31N3O2S. The minimum absolute atomic E-state index is 0.102. The molecule has 0 saturated carbocycles. The first-order valence-corrected chi connectivity index (χ1v) is 10.6. The number of nitrogens with one attached hydrogen (secondary N) is 1. The van der Waals surface area contributed by atoms with E-state index >= 15 is 0 Å². The predicted octanol–water partition coefficient (Wildman–Crippen LogP) is 4.02. The maximum absolute atomic E-state index is 12.0. The number of hydrogen-bond donors (Lipinski definition) is 1. The lowest BCUT2D eigenvalue weighted by Gasteiger charge is -2.15. The summed E-state index contributed by atoms with van der Waals surface area (Å²) in [6.45, 7) is 7.77. The van der Waals surface area contributed by atoms with E-state index in [1.54, 1.807) is 18.4 Å². The van der Waals surface area contributed by atoms with Crippen LogP contribution >= 0.6 is 11.3 Å². The van der Waals surface area contributed by atoms with Crippen molar-refractivity contribution in [1.82, 2.24) is 15.2 Å². The molecule has 2 aromatic rings. The molecule has 0 unspecified atom stereocenters. The van der Waals surface area contributed by atoms with Crippen LogP contribution in [0, 0.1) is 0 Å². The van der Waals surface area contributed by atoms with Gasteiger partial charge in [-0.25, -0.2) is 4.98 Å². The van der Waals surface area contributed by atoms with Gasteiger partial charge in [-0.2, -0.15) is 0 Å². The summed E-state index contributed by atoms with van der Waals surface area (Å²) in [7, 11) is 1.67. The zero-order valence-electron chi connectivity index (χ0n) is 16.7. The second-order valence-electron chi connectivity index (χ2n) is 6.53. The van der Waals surface area contributed by atoms with Gasteiger partial charge in [0.05, 0.1) is 19.3 Å². The first-order chi connectivity index (χ1) is 13.1. The molecule has 0 fully saturated rings. The first-order valence-electron chi connectivity index (χ1n) is 9.69. The van der Waals surface area contributed by atoms with Gasteiger partial charge in [-0.05, 0) is 50.0 Å². The van der Waals surface area contributed by atoms with E-state index in [0.29, 0.717) is 13.0 Å². The number of unbranched alkanes of at least 4 members (excludes halogenated alkanes) is 1. The quantitative estimate of drug-likeness (QED) is 0.557. The maximum Gasteiger partial charge on any atom is 0.220 e. The van der Waals surface area contributed by atoms with Crippen LogP contribution in [0.1, 0.15) is 49.4 Å². The van der Waals surface area contributed by atoms with Crippen LogP contribution in [0.25, 0.3) is 0 Å². The fraction of sp³-hybridized carbons (Fsp3) is 0.524. The van der Waals surface area contributed by atoms with Crippen LogP contribution in [0.2, 0.25) is 0 Å². The van der Waals surface area contributed by atoms with Gasteiger partial charge in [0.1, 0.15) is 10.8 Å². The SMILES string of the molecule is CCN(CC)Cc1csc(CNC(=O)CCCCc2ccc(OC)cc2)n1. The Morgan fingerprint density at radius 3 is 2.59 bits per heavy atom. The van der Waals surface area contributed by atoms with Crippen molar-refractivity contribution in [3.05, 3.63) is 45.9 Å². The molecule has 0 atom stereocenters. The second kappa shape index (κ2) is 11.7. The van der Waals surface area contributed by atoms with Gasteiger partial charge in [0.2, 0.25) is 5.91 Å². The normalized spacial score (nSPS) is 11.0. The molecular weight excluding hydrogens is 358 g/mol. The molecule has 0 aliphatic carbocycles. The average Bonchev–Trinajstić information content (AvgIpc) is 3.15. The number of thiazole rings is 1. The van der Waals surface area contributed by atoms with E-state index in [0.717, 1.165) is 55.3 Å². The minimum Gasteiger partial charge on any atom is -0.497 e. The van der Waals surface area contributed by atoms with E-state index in [4.69, 9.17) is 4.74 Å². The lowest BCUT2D eigenvalue weighted by Crippen LogP contribution is -2.23. The van der Waals surface area contributed by atoms with Gasteiger partial charge in [0, 0.05) is 18.3 Å². The summed E-state index contributed by atoms with van der Waals surface area (Å²) in [6, 6.07) is 8.11. The highest BCUT2D eigenvalue weighted by Crippen LogP contribution is 2.14. The molecule has 6 heteroatoms. The Morgan fingerprint density at radius 2 is 1.93 bits per heavy atom. The Balaban J connectivity index is 1.62. The van der Waals surface area contributed by atoms with Gasteiger partial charge in [0.25, 0.3) is 0 Å². The topological polar surface area (TPSA) is 54.5 Å². The molecule has 1 amide bonds. The standard InChI is InChI=1S/C21H31N3O2S/c1-4-24(5-2)15-18-16-27-21(23-18)14-22-20(25)9-7-6-8-17-10-12-19(26-3)13-11-17/h10-13,16H,4-9,14-15H2,1-3H3,(H,22,25). The predicted molar refractivity (Wildman–Crippen MR) is 111 cm³/mol. The Labute approximate surface area is 166 Å². The molecule has 0 bridgehead atoms. The summed E-state index contributed by atoms with van der Waals surface area (Å²) < 4.78 is 5.16. The van der Waals surface area contributed by atoms with E-state index in [1.165, 1.54) is 5.56 Å². The molecule has 0 aliphatic heterocycles. The van der Waals surface area contributed by atoms with E-state index in [1.807, 2.05) is 12.1 Å². The number of amides is 1. The number of rotatable bonds is 12. The molecule has 27 heavy (non-hydrogen) atoms. The largest absolute Gasteiger partial charge is 0.497 e. The number of aryl methyl sites for hydroxylation is 1. The fourth-order valence-corrected chi connectivity index (χ4v) is 3.57. The van der Waals surface area contributed by atoms with Gasteiger partial charge in [-0.3, -0.25) is 9.69 Å². The summed E-state index contributed by atoms with van der Waals surface area (Å²) in [5, 5.41) is 6.05. The van der Waals surface area contributed by atoms with Crippen LogP contribution in [0.4, 0.5) is 0 Å².